The number of allylic oxidation sites excluding steroid dienone is 1. The van der Waals surface area contributed by atoms with Crippen LogP contribution in [0.2, 0.25) is 0 Å². The molecule has 45 valence electrons. The van der Waals surface area contributed by atoms with Crippen molar-refractivity contribution in [2.24, 2.45) is 0 Å². The smallest absolute Gasteiger partial charge is 0.512 e. The fraction of sp³-hybridized carbons (Fsp3) is 0. The van der Waals surface area contributed by atoms with Crippen LogP contribution >= 0.6 is 0 Å². The molecule has 0 bridgehead atoms. The van der Waals surface area contributed by atoms with E-state index in [9.17, 15) is 0 Å². The predicted octanol–water partition coefficient (Wildman–Crippen LogP) is 1.55. The average molecular weight is 146 g/mol. The summed E-state index contributed by atoms with van der Waals surface area (Å²) in [6.07, 6.45) is 1.50. The van der Waals surface area contributed by atoms with E-state index in [1.807, 2.05) is 0 Å². The molecule has 0 atom stereocenters. The van der Waals surface area contributed by atoms with Crippen LogP contribution in [0.15, 0.2) is 12.7 Å². The molecule has 0 saturated heterocycles. The minimum absolute atomic E-state index is 0. The molecule has 1 nitrogen and oxygen atoms in total. The molecule has 0 aliphatic carbocycles. The van der Waals surface area contributed by atoms with E-state index in [-0.39, 0.29) is 24.5 Å². The van der Waals surface area contributed by atoms with Gasteiger partial charge in [0, 0.05) is 0 Å². The quantitative estimate of drug-likeness (QED) is 0.375. The van der Waals surface area contributed by atoms with E-state index in [2.05, 4.69) is 13.5 Å². The van der Waals surface area contributed by atoms with Crippen molar-refractivity contribution in [3.8, 4) is 0 Å². The summed E-state index contributed by atoms with van der Waals surface area (Å²) in [5.41, 5.74) is 0. The molecule has 7 heavy (non-hydrogen) atoms. The molecule has 0 saturated carbocycles. The van der Waals surface area contributed by atoms with Gasteiger partial charge in [0.2, 0.25) is 0 Å². The fourth-order valence-electron chi connectivity index (χ4n) is 0. The van der Waals surface area contributed by atoms with Gasteiger partial charge in [-0.25, -0.2) is 19.6 Å². The Balaban J connectivity index is -0.0000000105. The topological polar surface area (TPSA) is 23.8 Å². The first kappa shape index (κ1) is 30.5. The first-order valence-electron chi connectivity index (χ1n) is 1.04. The van der Waals surface area contributed by atoms with Gasteiger partial charge in [-0.15, -0.1) is 0 Å². The molecule has 0 aromatic heterocycles. The van der Waals surface area contributed by atoms with Gasteiger partial charge in [-0.05, 0) is 0 Å². The second kappa shape index (κ2) is 312. The molecule has 0 fully saturated rings. The Hall–Kier alpha value is -0.381. The zero-order valence-electron chi connectivity index (χ0n) is 4.24. The predicted molar refractivity (Wildman–Crippen MR) is 26.9 cm³/mol. The molecule has 0 N–H and O–H groups in total. The molecule has 0 aliphatic rings. The Bertz CT molecular complexity index is 32.3. The summed E-state index contributed by atoms with van der Waals surface area (Å²) in [6, 6.07) is 0. The van der Waals surface area contributed by atoms with Crippen molar-refractivity contribution in [3.63, 3.8) is 0 Å². The summed E-state index contributed by atoms with van der Waals surface area (Å²) in [5.74, 6) is 0. The molecule has 0 aromatic rings. The Labute approximate surface area is 56.5 Å². The summed E-state index contributed by atoms with van der Waals surface area (Å²) in [5, 5.41) is 6.25. The van der Waals surface area contributed by atoms with E-state index < -0.39 is 0 Å². The molecule has 2 heteroatoms. The third-order valence-corrected chi connectivity index (χ3v) is 0. The van der Waals surface area contributed by atoms with E-state index in [0.717, 1.165) is 0 Å². The van der Waals surface area contributed by atoms with Gasteiger partial charge >= 0.3 is 17.1 Å². The van der Waals surface area contributed by atoms with Crippen molar-refractivity contribution in [2.45, 2.75) is 0 Å². The van der Waals surface area contributed by atoms with Gasteiger partial charge in [-0.3, -0.25) is 0 Å². The fourth-order valence-corrected chi connectivity index (χ4v) is 0. The summed E-state index contributed by atoms with van der Waals surface area (Å²) in [6.45, 7) is 11.2. The molecule has 1 radical (unpaired) electrons. The minimum Gasteiger partial charge on any atom is -0.512 e. The molecule has 0 amide bonds. The maximum atomic E-state index is 6.25. The monoisotopic (exact) mass is 145 g/mol. The van der Waals surface area contributed by atoms with E-state index in [1.54, 1.807) is 0 Å². The van der Waals surface area contributed by atoms with Crippen molar-refractivity contribution in [2.75, 3.05) is 0 Å². The van der Waals surface area contributed by atoms with E-state index >= 15 is 0 Å². The molecular formula is C5H8CuN-. The third kappa shape index (κ3) is 508. The summed E-state index contributed by atoms with van der Waals surface area (Å²) in [4.78, 5) is 0. The van der Waals surface area contributed by atoms with Gasteiger partial charge in [0.25, 0.3) is 0 Å². The zero-order valence-corrected chi connectivity index (χ0v) is 5.18. The summed E-state index contributed by atoms with van der Waals surface area (Å²) in [7, 11) is 0. The van der Waals surface area contributed by atoms with Crippen molar-refractivity contribution < 1.29 is 17.1 Å². The molecule has 0 rings (SSSR count). The summed E-state index contributed by atoms with van der Waals surface area (Å²) < 4.78 is 0. The maximum absolute atomic E-state index is 6.25. The van der Waals surface area contributed by atoms with E-state index in [4.69, 9.17) is 11.8 Å². The van der Waals surface area contributed by atoms with E-state index in [0.29, 0.717) is 0 Å². The van der Waals surface area contributed by atoms with Gasteiger partial charge in [0.15, 0.2) is 0 Å². The number of hydrogen-bond donors (Lipinski definition) is 0. The van der Waals surface area contributed by atoms with Crippen LogP contribution in [0, 0.1) is 26.2 Å². The number of nitrogens with zero attached hydrogens (tertiary/aromatic N) is 1. The largest absolute Gasteiger partial charge is 2.00 e. The standard InChI is InChI=1S/C3H5.CN.CH3.Cu/c1-3-2;1-2;;/h3H,1-2H2;;1H3;/q3*-1;+2. The van der Waals surface area contributed by atoms with Crippen molar-refractivity contribution in [1.29, 1.82) is 5.26 Å². The second-order valence-electron chi connectivity index (χ2n) is 0.289. The van der Waals surface area contributed by atoms with Crippen LogP contribution in [0.25, 0.3) is 0 Å². The number of rotatable bonds is 0. The molecule has 0 spiro atoms. The zero-order chi connectivity index (χ0) is 4.71. The van der Waals surface area contributed by atoms with Crippen LogP contribution in [0.1, 0.15) is 0 Å². The Morgan fingerprint density at radius 2 is 1.57 bits per heavy atom. The van der Waals surface area contributed by atoms with Gasteiger partial charge in [0.1, 0.15) is 0 Å². The Morgan fingerprint density at radius 1 is 1.57 bits per heavy atom. The Morgan fingerprint density at radius 3 is 1.57 bits per heavy atom. The van der Waals surface area contributed by atoms with Crippen LogP contribution in [-0.2, 0) is 17.1 Å². The van der Waals surface area contributed by atoms with Gasteiger partial charge in [0.05, 0.1) is 0 Å². The van der Waals surface area contributed by atoms with Crippen LogP contribution in [0.4, 0.5) is 0 Å². The van der Waals surface area contributed by atoms with Gasteiger partial charge in [-0.1, -0.05) is 0 Å². The van der Waals surface area contributed by atoms with Gasteiger partial charge < -0.3 is 19.3 Å². The van der Waals surface area contributed by atoms with Crippen LogP contribution in [0.5, 0.6) is 0 Å². The Kier molecular flexibility index (Phi) is 1360. The third-order valence-electron chi connectivity index (χ3n) is 0. The molecule has 0 aliphatic heterocycles. The second-order valence-corrected chi connectivity index (χ2v) is 0.289. The van der Waals surface area contributed by atoms with E-state index in [1.165, 1.54) is 6.08 Å². The average Bonchev–Trinajstić information content (AvgIpc) is 1.46. The first-order chi connectivity index (χ1) is 2.41. The minimum atomic E-state index is 0. The number of hydrogen-bond acceptors (Lipinski definition) is 1. The summed E-state index contributed by atoms with van der Waals surface area (Å²) >= 11 is 0. The molecule has 0 aromatic carbocycles. The van der Waals surface area contributed by atoms with Crippen LogP contribution in [0.3, 0.4) is 0 Å². The SMILES string of the molecule is C=C[CH2-].[C-]#N.[CH3-].[Cu+2]. The molecule has 0 heterocycles. The van der Waals surface area contributed by atoms with Crippen LogP contribution < -0.4 is 0 Å². The maximum Gasteiger partial charge on any atom is 2.00 e. The van der Waals surface area contributed by atoms with Crippen molar-refractivity contribution in [1.82, 2.24) is 0 Å². The first-order valence-corrected chi connectivity index (χ1v) is 1.04. The van der Waals surface area contributed by atoms with Crippen molar-refractivity contribution >= 4 is 0 Å². The van der Waals surface area contributed by atoms with Gasteiger partial charge in [-0.2, -0.15) is 0 Å². The van der Waals surface area contributed by atoms with Crippen molar-refractivity contribution in [3.05, 3.63) is 33.6 Å². The molecule has 0 unspecified atom stereocenters. The normalized spacial score (nSPS) is 2.00. The molecular weight excluding hydrogens is 138 g/mol. The van der Waals surface area contributed by atoms with Crippen LogP contribution in [-0.4, -0.2) is 0 Å².